The van der Waals surface area contributed by atoms with E-state index in [4.69, 9.17) is 10.9 Å². The lowest BCUT2D eigenvalue weighted by Crippen LogP contribution is -2.48. The molecule has 1 heterocycles. The highest BCUT2D eigenvalue weighted by Crippen LogP contribution is 2.10. The van der Waals surface area contributed by atoms with Crippen molar-refractivity contribution in [3.63, 3.8) is 0 Å². The minimum Gasteiger partial charge on any atom is -0.409 e. The second-order valence-electron chi connectivity index (χ2n) is 3.75. The number of amidine groups is 1. The van der Waals surface area contributed by atoms with Crippen molar-refractivity contribution in [2.45, 2.75) is 31.8 Å². The summed E-state index contributed by atoms with van der Waals surface area (Å²) in [5, 5.41) is 14.6. The smallest absolute Gasteiger partial charge is 0.239 e. The molecule has 0 spiro atoms. The van der Waals surface area contributed by atoms with E-state index in [1.807, 2.05) is 6.92 Å². The number of nitrogens with zero attached hydrogens (tertiary/aromatic N) is 2. The van der Waals surface area contributed by atoms with Crippen molar-refractivity contribution < 1.29 is 10.0 Å². The molecule has 0 aromatic carbocycles. The molecule has 0 aliphatic carbocycles. The van der Waals surface area contributed by atoms with Crippen LogP contribution in [0.3, 0.4) is 0 Å². The van der Waals surface area contributed by atoms with Crippen LogP contribution in [0.15, 0.2) is 5.16 Å². The normalized spacial score (nSPS) is 24.7. The van der Waals surface area contributed by atoms with Gasteiger partial charge >= 0.3 is 0 Å². The van der Waals surface area contributed by atoms with Crippen molar-refractivity contribution >= 4 is 11.7 Å². The van der Waals surface area contributed by atoms with Gasteiger partial charge in [-0.2, -0.15) is 0 Å². The quantitative estimate of drug-likeness (QED) is 0.250. The number of hydrogen-bond acceptors (Lipinski definition) is 4. The van der Waals surface area contributed by atoms with Gasteiger partial charge in [0.1, 0.15) is 0 Å². The van der Waals surface area contributed by atoms with Crippen LogP contribution in [0.4, 0.5) is 0 Å². The second-order valence-corrected chi connectivity index (χ2v) is 3.75. The lowest BCUT2D eigenvalue weighted by atomic mass is 10.1. The summed E-state index contributed by atoms with van der Waals surface area (Å²) in [4.78, 5) is 13.3. The van der Waals surface area contributed by atoms with E-state index >= 15 is 0 Å². The predicted octanol–water partition coefficient (Wildman–Crippen LogP) is -0.668. The molecule has 0 saturated carbocycles. The zero-order chi connectivity index (χ0) is 11.4. The van der Waals surface area contributed by atoms with Crippen LogP contribution in [0.2, 0.25) is 0 Å². The summed E-state index contributed by atoms with van der Waals surface area (Å²) in [7, 11) is 1.77. The number of hydrogen-bond donors (Lipinski definition) is 3. The van der Waals surface area contributed by atoms with Gasteiger partial charge in [-0.05, 0) is 12.8 Å². The van der Waals surface area contributed by atoms with Crippen molar-refractivity contribution in [2.24, 2.45) is 10.9 Å². The van der Waals surface area contributed by atoms with Gasteiger partial charge in [-0.1, -0.05) is 12.1 Å². The third kappa shape index (κ3) is 2.59. The molecule has 1 amide bonds. The lowest BCUT2D eigenvalue weighted by Gasteiger charge is -2.19. The van der Waals surface area contributed by atoms with E-state index in [-0.39, 0.29) is 23.8 Å². The maximum Gasteiger partial charge on any atom is 0.239 e. The summed E-state index contributed by atoms with van der Waals surface area (Å²) in [5.41, 5.74) is 5.50. The lowest BCUT2D eigenvalue weighted by molar-refractivity contribution is -0.128. The summed E-state index contributed by atoms with van der Waals surface area (Å²) < 4.78 is 0. The molecule has 6 heteroatoms. The molecule has 2 unspecified atom stereocenters. The van der Waals surface area contributed by atoms with Gasteiger partial charge in [0.25, 0.3) is 0 Å². The first-order chi connectivity index (χ1) is 7.10. The molecule has 1 saturated heterocycles. The number of amides is 1. The number of likely N-dealkylation sites (tertiary alicyclic amines) is 1. The van der Waals surface area contributed by atoms with Crippen LogP contribution in [0.25, 0.3) is 0 Å². The number of carbonyl (C=O) groups excluding carboxylic acids is 1. The summed E-state index contributed by atoms with van der Waals surface area (Å²) in [6, 6.07) is -0.448. The Kier molecular flexibility index (Phi) is 3.90. The van der Waals surface area contributed by atoms with E-state index in [1.165, 1.54) is 0 Å². The first-order valence-electron chi connectivity index (χ1n) is 5.08. The van der Waals surface area contributed by atoms with Gasteiger partial charge in [0.15, 0.2) is 5.84 Å². The van der Waals surface area contributed by atoms with E-state index in [0.717, 1.165) is 13.0 Å². The van der Waals surface area contributed by atoms with E-state index in [1.54, 1.807) is 11.9 Å². The van der Waals surface area contributed by atoms with Crippen LogP contribution >= 0.6 is 0 Å². The number of nitrogens with two attached hydrogens (primary N) is 1. The number of rotatable bonds is 4. The third-order valence-corrected chi connectivity index (χ3v) is 2.71. The molecule has 1 aliphatic heterocycles. The van der Waals surface area contributed by atoms with E-state index in [9.17, 15) is 4.79 Å². The summed E-state index contributed by atoms with van der Waals surface area (Å²) in [6.45, 7) is 2.67. The van der Waals surface area contributed by atoms with Gasteiger partial charge in [0.2, 0.25) is 5.91 Å². The number of oxime groups is 1. The molecular weight excluding hydrogens is 196 g/mol. The van der Waals surface area contributed by atoms with E-state index < -0.39 is 0 Å². The molecule has 1 fully saturated rings. The predicted molar refractivity (Wildman–Crippen MR) is 56.7 cm³/mol. The van der Waals surface area contributed by atoms with Crippen LogP contribution in [-0.4, -0.2) is 47.5 Å². The van der Waals surface area contributed by atoms with E-state index in [2.05, 4.69) is 10.5 Å². The minimum absolute atomic E-state index is 0.0687. The van der Waals surface area contributed by atoms with Crippen molar-refractivity contribution in [3.8, 4) is 0 Å². The van der Waals surface area contributed by atoms with Gasteiger partial charge < -0.3 is 15.8 Å². The average molecular weight is 214 g/mol. The van der Waals surface area contributed by atoms with Crippen LogP contribution in [-0.2, 0) is 4.79 Å². The summed E-state index contributed by atoms with van der Waals surface area (Å²) in [6.07, 6.45) is 1.45. The standard InChI is InChI=1S/C9H18N4O2/c1-3-6(8(10)12-15)11-7-4-5-13(2)9(7)14/h6-7,11,15H,3-5H2,1-2H3,(H2,10,12). The zero-order valence-corrected chi connectivity index (χ0v) is 9.10. The molecule has 4 N–H and O–H groups in total. The molecule has 0 aromatic rings. The zero-order valence-electron chi connectivity index (χ0n) is 9.10. The SMILES string of the molecule is CCC(NC1CCN(C)C1=O)C(N)=NO. The Morgan fingerprint density at radius 1 is 1.87 bits per heavy atom. The first kappa shape index (κ1) is 11.8. The molecular formula is C9H18N4O2. The highest BCUT2D eigenvalue weighted by Gasteiger charge is 2.31. The fourth-order valence-corrected chi connectivity index (χ4v) is 1.70. The Bertz CT molecular complexity index is 267. The summed E-state index contributed by atoms with van der Waals surface area (Å²) >= 11 is 0. The molecule has 6 nitrogen and oxygen atoms in total. The largest absolute Gasteiger partial charge is 0.409 e. The molecule has 0 radical (unpaired) electrons. The average Bonchev–Trinajstić information content (AvgIpc) is 2.56. The summed E-state index contributed by atoms with van der Waals surface area (Å²) in [5.74, 6) is 0.194. The minimum atomic E-state index is -0.240. The van der Waals surface area contributed by atoms with Crippen LogP contribution in [0.5, 0.6) is 0 Å². The van der Waals surface area contributed by atoms with Crippen molar-refractivity contribution in [3.05, 3.63) is 0 Å². The fraction of sp³-hybridized carbons (Fsp3) is 0.778. The molecule has 1 rings (SSSR count). The Balaban J connectivity index is 2.57. The van der Waals surface area contributed by atoms with Crippen LogP contribution < -0.4 is 11.1 Å². The number of nitrogens with one attached hydrogen (secondary N) is 1. The van der Waals surface area contributed by atoms with Gasteiger partial charge in [-0.25, -0.2) is 0 Å². The Hall–Kier alpha value is -1.30. The fourth-order valence-electron chi connectivity index (χ4n) is 1.70. The van der Waals surface area contributed by atoms with E-state index in [0.29, 0.717) is 6.42 Å². The van der Waals surface area contributed by atoms with Gasteiger partial charge in [-0.15, -0.1) is 0 Å². The van der Waals surface area contributed by atoms with Gasteiger partial charge in [0, 0.05) is 13.6 Å². The van der Waals surface area contributed by atoms with Crippen molar-refractivity contribution in [1.29, 1.82) is 0 Å². The first-order valence-corrected chi connectivity index (χ1v) is 5.08. The van der Waals surface area contributed by atoms with Gasteiger partial charge in [-0.3, -0.25) is 10.1 Å². The highest BCUT2D eigenvalue weighted by atomic mass is 16.4. The second kappa shape index (κ2) is 4.97. The van der Waals surface area contributed by atoms with Crippen molar-refractivity contribution in [1.82, 2.24) is 10.2 Å². The maximum atomic E-state index is 11.6. The number of carbonyl (C=O) groups is 1. The molecule has 1 aliphatic rings. The molecule has 86 valence electrons. The Morgan fingerprint density at radius 3 is 2.93 bits per heavy atom. The molecule has 0 aromatic heterocycles. The van der Waals surface area contributed by atoms with Crippen LogP contribution in [0.1, 0.15) is 19.8 Å². The van der Waals surface area contributed by atoms with Crippen LogP contribution in [0, 0.1) is 0 Å². The topological polar surface area (TPSA) is 91.0 Å². The molecule has 0 bridgehead atoms. The number of likely N-dealkylation sites (N-methyl/N-ethyl adjacent to an activating group) is 1. The monoisotopic (exact) mass is 214 g/mol. The Labute approximate surface area is 89.1 Å². The van der Waals surface area contributed by atoms with Gasteiger partial charge in [0.05, 0.1) is 12.1 Å². The Morgan fingerprint density at radius 2 is 2.53 bits per heavy atom. The molecule has 2 atom stereocenters. The highest BCUT2D eigenvalue weighted by molar-refractivity contribution is 5.88. The molecule has 15 heavy (non-hydrogen) atoms. The maximum absolute atomic E-state index is 11.6. The third-order valence-electron chi connectivity index (χ3n) is 2.71. The van der Waals surface area contributed by atoms with Crippen molar-refractivity contribution in [2.75, 3.05) is 13.6 Å².